The van der Waals surface area contributed by atoms with E-state index in [2.05, 4.69) is 20.7 Å². The molecule has 1 aliphatic heterocycles. The second-order valence-electron chi connectivity index (χ2n) is 7.09. The van der Waals surface area contributed by atoms with Crippen LogP contribution in [-0.2, 0) is 9.59 Å². The van der Waals surface area contributed by atoms with Crippen molar-refractivity contribution in [1.82, 2.24) is 20.5 Å². The first kappa shape index (κ1) is 19.5. The Hall–Kier alpha value is -3.81. The highest BCUT2D eigenvalue weighted by molar-refractivity contribution is 5.90. The summed E-state index contributed by atoms with van der Waals surface area (Å²) < 4.78 is 13.1. The Morgan fingerprint density at radius 1 is 1.23 bits per heavy atom. The lowest BCUT2D eigenvalue weighted by atomic mass is 9.99. The number of carbonyl (C=O) groups is 2. The zero-order valence-electron chi connectivity index (χ0n) is 16.1. The third kappa shape index (κ3) is 4.43. The third-order valence-electron chi connectivity index (χ3n) is 5.01. The molecular weight excluding hydrogens is 385 g/mol. The van der Waals surface area contributed by atoms with Gasteiger partial charge in [0.1, 0.15) is 12.4 Å². The minimum atomic E-state index is -0.375. The van der Waals surface area contributed by atoms with E-state index in [4.69, 9.17) is 0 Å². The van der Waals surface area contributed by atoms with Crippen LogP contribution in [0.2, 0.25) is 0 Å². The number of hydrogen-bond acceptors (Lipinski definition) is 4. The summed E-state index contributed by atoms with van der Waals surface area (Å²) in [5, 5.41) is 10.8. The Balaban J connectivity index is 1.33. The van der Waals surface area contributed by atoms with Gasteiger partial charge in [0.05, 0.1) is 18.1 Å². The van der Waals surface area contributed by atoms with Gasteiger partial charge in [0, 0.05) is 30.0 Å². The van der Waals surface area contributed by atoms with Crippen LogP contribution in [0.25, 0.3) is 11.3 Å². The van der Waals surface area contributed by atoms with Crippen LogP contribution in [0.1, 0.15) is 23.5 Å². The number of likely N-dealkylation sites (tertiary alicyclic amines) is 1. The summed E-state index contributed by atoms with van der Waals surface area (Å²) >= 11 is 0. The molecule has 2 aromatic carbocycles. The fraction of sp³-hybridized carbons (Fsp3) is 0.182. The first-order chi connectivity index (χ1) is 14.6. The molecule has 3 aromatic rings. The first-order valence-electron chi connectivity index (χ1n) is 9.54. The first-order valence-corrected chi connectivity index (χ1v) is 9.54. The fourth-order valence-corrected chi connectivity index (χ4v) is 3.50. The molecule has 0 aliphatic carbocycles. The molecule has 2 heterocycles. The number of amides is 2. The standard InChI is InChI=1S/C22H20FN5O2/c23-19-8-6-16(7-9-19)22-18(12-25-27-22)11-24-26-20(29)14-28-13-17(10-21(28)30)15-4-2-1-3-5-15/h1-9,11-12,17H,10,13-14H2,(H,25,27)(H,26,29). The zero-order valence-corrected chi connectivity index (χ0v) is 16.1. The van der Waals surface area contributed by atoms with E-state index in [0.717, 1.165) is 11.1 Å². The number of nitrogens with zero attached hydrogens (tertiary/aromatic N) is 3. The highest BCUT2D eigenvalue weighted by atomic mass is 19.1. The molecule has 0 spiro atoms. The Labute approximate surface area is 172 Å². The smallest absolute Gasteiger partial charge is 0.259 e. The lowest BCUT2D eigenvalue weighted by Gasteiger charge is -2.15. The molecule has 0 radical (unpaired) electrons. The molecule has 7 nitrogen and oxygen atoms in total. The summed E-state index contributed by atoms with van der Waals surface area (Å²) in [7, 11) is 0. The number of halogens is 1. The summed E-state index contributed by atoms with van der Waals surface area (Å²) in [6.07, 6.45) is 3.41. The van der Waals surface area contributed by atoms with Gasteiger partial charge in [0.2, 0.25) is 5.91 Å². The maximum absolute atomic E-state index is 13.1. The monoisotopic (exact) mass is 405 g/mol. The second-order valence-corrected chi connectivity index (χ2v) is 7.09. The molecule has 2 amide bonds. The SMILES string of the molecule is O=C(CN1CC(c2ccccc2)CC1=O)NN=Cc1cn[nH]c1-c1ccc(F)cc1. The number of aromatic nitrogens is 2. The van der Waals surface area contributed by atoms with Gasteiger partial charge >= 0.3 is 0 Å². The number of hydrogen-bond donors (Lipinski definition) is 2. The molecule has 1 aliphatic rings. The maximum Gasteiger partial charge on any atom is 0.259 e. The van der Waals surface area contributed by atoms with Crippen LogP contribution in [0.15, 0.2) is 65.9 Å². The maximum atomic E-state index is 13.1. The van der Waals surface area contributed by atoms with Gasteiger partial charge in [-0.25, -0.2) is 9.82 Å². The highest BCUT2D eigenvalue weighted by Crippen LogP contribution is 2.27. The predicted octanol–water partition coefficient (Wildman–Crippen LogP) is 2.68. The number of H-pyrrole nitrogens is 1. The van der Waals surface area contributed by atoms with Crippen LogP contribution < -0.4 is 5.43 Å². The number of nitrogens with one attached hydrogen (secondary N) is 2. The zero-order chi connectivity index (χ0) is 20.9. The predicted molar refractivity (Wildman–Crippen MR) is 110 cm³/mol. The number of rotatable bonds is 6. The third-order valence-corrected chi connectivity index (χ3v) is 5.01. The average Bonchev–Trinajstić information content (AvgIpc) is 3.36. The van der Waals surface area contributed by atoms with E-state index in [1.165, 1.54) is 18.3 Å². The van der Waals surface area contributed by atoms with Crippen LogP contribution >= 0.6 is 0 Å². The van der Waals surface area contributed by atoms with Crippen LogP contribution in [0.3, 0.4) is 0 Å². The van der Waals surface area contributed by atoms with E-state index in [1.54, 1.807) is 23.2 Å². The van der Waals surface area contributed by atoms with Crippen molar-refractivity contribution >= 4 is 18.0 Å². The number of aromatic amines is 1. The Bertz CT molecular complexity index is 1060. The molecule has 1 saturated heterocycles. The number of carbonyl (C=O) groups excluding carboxylic acids is 2. The van der Waals surface area contributed by atoms with Gasteiger partial charge in [-0.2, -0.15) is 10.2 Å². The van der Waals surface area contributed by atoms with E-state index < -0.39 is 0 Å². The Kier molecular flexibility index (Phi) is 5.65. The molecule has 30 heavy (non-hydrogen) atoms. The number of benzene rings is 2. The Morgan fingerprint density at radius 3 is 2.77 bits per heavy atom. The van der Waals surface area contributed by atoms with Gasteiger partial charge < -0.3 is 4.90 Å². The molecule has 8 heteroatoms. The van der Waals surface area contributed by atoms with Gasteiger partial charge in [-0.1, -0.05) is 30.3 Å². The molecule has 1 fully saturated rings. The van der Waals surface area contributed by atoms with Crippen molar-refractivity contribution in [3.05, 3.63) is 77.7 Å². The van der Waals surface area contributed by atoms with E-state index >= 15 is 0 Å². The van der Waals surface area contributed by atoms with Crippen molar-refractivity contribution in [2.45, 2.75) is 12.3 Å². The normalized spacial score (nSPS) is 16.4. The van der Waals surface area contributed by atoms with Crippen LogP contribution in [0.5, 0.6) is 0 Å². The quantitative estimate of drug-likeness (QED) is 0.488. The minimum Gasteiger partial charge on any atom is -0.333 e. The summed E-state index contributed by atoms with van der Waals surface area (Å²) in [4.78, 5) is 26.0. The topological polar surface area (TPSA) is 90.4 Å². The minimum absolute atomic E-state index is 0.0450. The van der Waals surface area contributed by atoms with Gasteiger partial charge in [-0.15, -0.1) is 0 Å². The lowest BCUT2D eigenvalue weighted by Crippen LogP contribution is -2.36. The fourth-order valence-electron chi connectivity index (χ4n) is 3.50. The van der Waals surface area contributed by atoms with Crippen molar-refractivity contribution in [2.75, 3.05) is 13.1 Å². The molecule has 0 saturated carbocycles. The van der Waals surface area contributed by atoms with E-state index in [0.29, 0.717) is 24.2 Å². The highest BCUT2D eigenvalue weighted by Gasteiger charge is 2.31. The van der Waals surface area contributed by atoms with Crippen LogP contribution in [-0.4, -0.2) is 46.2 Å². The summed E-state index contributed by atoms with van der Waals surface area (Å²) in [5.74, 6) is -0.650. The molecule has 4 rings (SSSR count). The molecule has 1 aromatic heterocycles. The van der Waals surface area contributed by atoms with E-state index in [9.17, 15) is 14.0 Å². The van der Waals surface area contributed by atoms with Gasteiger partial charge in [-0.3, -0.25) is 14.7 Å². The summed E-state index contributed by atoms with van der Waals surface area (Å²) in [6.45, 7) is 0.464. The van der Waals surface area contributed by atoms with Crippen LogP contribution in [0.4, 0.5) is 4.39 Å². The molecule has 152 valence electrons. The summed E-state index contributed by atoms with van der Waals surface area (Å²) in [6, 6.07) is 15.8. The van der Waals surface area contributed by atoms with Crippen LogP contribution in [0, 0.1) is 5.82 Å². The second kappa shape index (κ2) is 8.69. The molecule has 1 unspecified atom stereocenters. The molecular formula is C22H20FN5O2. The number of hydrazone groups is 1. The molecule has 2 N–H and O–H groups in total. The van der Waals surface area contributed by atoms with Crippen molar-refractivity contribution in [1.29, 1.82) is 0 Å². The van der Waals surface area contributed by atoms with Crippen molar-refractivity contribution < 1.29 is 14.0 Å². The van der Waals surface area contributed by atoms with Crippen molar-refractivity contribution in [2.24, 2.45) is 5.10 Å². The van der Waals surface area contributed by atoms with Gasteiger partial charge in [0.15, 0.2) is 0 Å². The Morgan fingerprint density at radius 2 is 2.00 bits per heavy atom. The van der Waals surface area contributed by atoms with Crippen molar-refractivity contribution in [3.8, 4) is 11.3 Å². The average molecular weight is 405 g/mol. The largest absolute Gasteiger partial charge is 0.333 e. The van der Waals surface area contributed by atoms with E-state index in [1.807, 2.05) is 30.3 Å². The van der Waals surface area contributed by atoms with Gasteiger partial charge in [0.25, 0.3) is 5.91 Å². The summed E-state index contributed by atoms with van der Waals surface area (Å²) in [5.41, 5.74) is 5.59. The van der Waals surface area contributed by atoms with Crippen molar-refractivity contribution in [3.63, 3.8) is 0 Å². The van der Waals surface area contributed by atoms with Gasteiger partial charge in [-0.05, 0) is 29.8 Å². The lowest BCUT2D eigenvalue weighted by molar-refractivity contribution is -0.133. The van der Waals surface area contributed by atoms with E-state index in [-0.39, 0.29) is 30.1 Å². The molecule has 1 atom stereocenters. The molecule has 0 bridgehead atoms.